The van der Waals surface area contributed by atoms with Crippen LogP contribution in [0.1, 0.15) is 32.3 Å². The lowest BCUT2D eigenvalue weighted by Gasteiger charge is -2.26. The largest absolute Gasteiger partial charge is 0.508 e. The topological polar surface area (TPSA) is 40.5 Å². The van der Waals surface area contributed by atoms with Crippen molar-refractivity contribution in [2.24, 2.45) is 5.41 Å². The summed E-state index contributed by atoms with van der Waals surface area (Å²) in [4.78, 5) is 0. The van der Waals surface area contributed by atoms with Crippen LogP contribution in [0.25, 0.3) is 0 Å². The molecule has 1 atom stereocenters. The first-order chi connectivity index (χ1) is 7.09. The molecule has 84 valence electrons. The fourth-order valence-corrected chi connectivity index (χ4v) is 1.93. The number of benzene rings is 1. The van der Waals surface area contributed by atoms with Crippen molar-refractivity contribution in [3.8, 4) is 5.75 Å². The molecule has 1 aromatic rings. The molecule has 0 aliphatic carbocycles. The zero-order valence-corrected chi connectivity index (χ0v) is 9.53. The predicted octanol–water partition coefficient (Wildman–Crippen LogP) is 2.73. The Hall–Kier alpha value is -1.02. The van der Waals surface area contributed by atoms with Crippen molar-refractivity contribution in [1.82, 2.24) is 0 Å². The van der Waals surface area contributed by atoms with Crippen molar-refractivity contribution in [2.75, 3.05) is 6.61 Å². The minimum atomic E-state index is -0.0360. The maximum Gasteiger partial charge on any atom is 0.115 e. The number of rotatable bonds is 5. The normalized spacial score (nSPS) is 14.9. The molecule has 1 unspecified atom stereocenters. The second-order valence-electron chi connectivity index (χ2n) is 4.56. The Labute approximate surface area is 91.6 Å². The summed E-state index contributed by atoms with van der Waals surface area (Å²) in [6.07, 6.45) is 2.96. The van der Waals surface area contributed by atoms with Gasteiger partial charge in [0.15, 0.2) is 0 Å². The average molecular weight is 208 g/mol. The molecule has 0 radical (unpaired) electrons. The van der Waals surface area contributed by atoms with Gasteiger partial charge in [0.05, 0.1) is 0 Å². The van der Waals surface area contributed by atoms with Crippen LogP contribution in [0.5, 0.6) is 5.75 Å². The smallest absolute Gasteiger partial charge is 0.115 e. The van der Waals surface area contributed by atoms with E-state index in [9.17, 15) is 5.11 Å². The van der Waals surface area contributed by atoms with Crippen molar-refractivity contribution in [2.45, 2.75) is 33.1 Å². The van der Waals surface area contributed by atoms with E-state index in [-0.39, 0.29) is 12.0 Å². The quantitative estimate of drug-likeness (QED) is 0.781. The summed E-state index contributed by atoms with van der Waals surface area (Å²) in [5.74, 6) is 0.292. The summed E-state index contributed by atoms with van der Waals surface area (Å²) < 4.78 is 0. The molecule has 0 bridgehead atoms. The lowest BCUT2D eigenvalue weighted by Crippen LogP contribution is -2.24. The molecule has 0 heterocycles. The van der Waals surface area contributed by atoms with E-state index < -0.39 is 0 Å². The van der Waals surface area contributed by atoms with Gasteiger partial charge in [0, 0.05) is 6.61 Å². The molecule has 15 heavy (non-hydrogen) atoms. The molecule has 1 aromatic carbocycles. The van der Waals surface area contributed by atoms with E-state index in [4.69, 9.17) is 5.11 Å². The molecule has 2 nitrogen and oxygen atoms in total. The van der Waals surface area contributed by atoms with E-state index in [2.05, 4.69) is 13.8 Å². The second kappa shape index (κ2) is 5.17. The number of hydrogen-bond donors (Lipinski definition) is 2. The molecule has 2 heteroatoms. The van der Waals surface area contributed by atoms with Gasteiger partial charge in [-0.25, -0.2) is 0 Å². The Morgan fingerprint density at radius 1 is 1.20 bits per heavy atom. The third kappa shape index (κ3) is 3.56. The van der Waals surface area contributed by atoms with Gasteiger partial charge in [-0.2, -0.15) is 0 Å². The van der Waals surface area contributed by atoms with E-state index in [0.717, 1.165) is 24.8 Å². The summed E-state index contributed by atoms with van der Waals surface area (Å²) >= 11 is 0. The molecule has 0 saturated heterocycles. The molecule has 0 saturated carbocycles. The van der Waals surface area contributed by atoms with Crippen LogP contribution >= 0.6 is 0 Å². The lowest BCUT2D eigenvalue weighted by atomic mass is 9.80. The van der Waals surface area contributed by atoms with Crippen LogP contribution in [0, 0.1) is 5.41 Å². The zero-order chi connectivity index (χ0) is 11.3. The number of aliphatic hydroxyl groups excluding tert-OH is 1. The van der Waals surface area contributed by atoms with E-state index in [1.54, 1.807) is 12.1 Å². The number of aliphatic hydroxyl groups is 1. The fraction of sp³-hybridized carbons (Fsp3) is 0.538. The summed E-state index contributed by atoms with van der Waals surface area (Å²) in [5, 5.41) is 18.5. The fourth-order valence-electron chi connectivity index (χ4n) is 1.93. The van der Waals surface area contributed by atoms with Crippen LogP contribution in [-0.4, -0.2) is 16.8 Å². The lowest BCUT2D eigenvalue weighted by molar-refractivity contribution is 0.131. The van der Waals surface area contributed by atoms with Gasteiger partial charge in [-0.15, -0.1) is 0 Å². The first-order valence-corrected chi connectivity index (χ1v) is 5.48. The van der Waals surface area contributed by atoms with Crippen molar-refractivity contribution >= 4 is 0 Å². The highest BCUT2D eigenvalue weighted by atomic mass is 16.3. The molecular weight excluding hydrogens is 188 g/mol. The van der Waals surface area contributed by atoms with Crippen molar-refractivity contribution in [3.05, 3.63) is 29.8 Å². The Morgan fingerprint density at radius 2 is 1.80 bits per heavy atom. The third-order valence-corrected chi connectivity index (χ3v) is 2.80. The summed E-state index contributed by atoms with van der Waals surface area (Å²) in [6, 6.07) is 7.22. The van der Waals surface area contributed by atoms with E-state index >= 15 is 0 Å². The summed E-state index contributed by atoms with van der Waals surface area (Å²) in [6.45, 7) is 4.44. The Bertz CT molecular complexity index is 292. The van der Waals surface area contributed by atoms with Crippen LogP contribution < -0.4 is 0 Å². The number of phenolic OH excluding ortho intramolecular Hbond substituents is 1. The highest BCUT2D eigenvalue weighted by Gasteiger charge is 2.22. The van der Waals surface area contributed by atoms with Crippen LogP contribution in [0.15, 0.2) is 24.3 Å². The van der Waals surface area contributed by atoms with Crippen molar-refractivity contribution in [1.29, 1.82) is 0 Å². The molecule has 0 spiro atoms. The van der Waals surface area contributed by atoms with Gasteiger partial charge in [-0.3, -0.25) is 0 Å². The van der Waals surface area contributed by atoms with Gasteiger partial charge in [-0.05, 0) is 36.0 Å². The Kier molecular flexibility index (Phi) is 4.15. The minimum Gasteiger partial charge on any atom is -0.508 e. The molecule has 0 aliphatic rings. The average Bonchev–Trinajstić information content (AvgIpc) is 2.22. The highest BCUT2D eigenvalue weighted by Crippen LogP contribution is 2.28. The van der Waals surface area contributed by atoms with E-state index in [1.165, 1.54) is 0 Å². The molecule has 0 aliphatic heterocycles. The molecule has 0 amide bonds. The summed E-state index contributed by atoms with van der Waals surface area (Å²) in [5.41, 5.74) is 1.13. The molecule has 2 N–H and O–H groups in total. The van der Waals surface area contributed by atoms with Crippen LogP contribution in [0.2, 0.25) is 0 Å². The number of aromatic hydroxyl groups is 1. The maximum absolute atomic E-state index is 9.38. The highest BCUT2D eigenvalue weighted by molar-refractivity contribution is 5.26. The van der Waals surface area contributed by atoms with Gasteiger partial charge in [0.2, 0.25) is 0 Å². The monoisotopic (exact) mass is 208 g/mol. The van der Waals surface area contributed by atoms with Gasteiger partial charge in [-0.1, -0.05) is 32.4 Å². The molecular formula is C13H20O2. The molecule has 0 aromatic heterocycles. The number of phenols is 1. The van der Waals surface area contributed by atoms with Crippen molar-refractivity contribution in [3.63, 3.8) is 0 Å². The van der Waals surface area contributed by atoms with Crippen LogP contribution in [0.4, 0.5) is 0 Å². The minimum absolute atomic E-state index is 0.0360. The Morgan fingerprint density at radius 3 is 2.27 bits per heavy atom. The SMILES string of the molecule is CCCC(C)(CO)Cc1ccc(O)cc1. The van der Waals surface area contributed by atoms with Gasteiger partial charge >= 0.3 is 0 Å². The molecule has 0 fully saturated rings. The van der Waals surface area contributed by atoms with Crippen LogP contribution in [-0.2, 0) is 6.42 Å². The van der Waals surface area contributed by atoms with E-state index in [1.807, 2.05) is 12.1 Å². The Balaban J connectivity index is 2.70. The molecule has 1 rings (SSSR count). The standard InChI is InChI=1S/C13H20O2/c1-3-8-13(2,10-14)9-11-4-6-12(15)7-5-11/h4-7,14-15H,3,8-10H2,1-2H3. The number of hydrogen-bond acceptors (Lipinski definition) is 2. The van der Waals surface area contributed by atoms with Gasteiger partial charge in [0.1, 0.15) is 5.75 Å². The van der Waals surface area contributed by atoms with Crippen LogP contribution in [0.3, 0.4) is 0 Å². The maximum atomic E-state index is 9.38. The van der Waals surface area contributed by atoms with E-state index in [0.29, 0.717) is 5.75 Å². The van der Waals surface area contributed by atoms with Gasteiger partial charge < -0.3 is 10.2 Å². The predicted molar refractivity (Wildman–Crippen MR) is 61.9 cm³/mol. The second-order valence-corrected chi connectivity index (χ2v) is 4.56. The first kappa shape index (κ1) is 12.1. The first-order valence-electron chi connectivity index (χ1n) is 5.48. The zero-order valence-electron chi connectivity index (χ0n) is 9.53. The van der Waals surface area contributed by atoms with Crippen molar-refractivity contribution < 1.29 is 10.2 Å². The van der Waals surface area contributed by atoms with Gasteiger partial charge in [0.25, 0.3) is 0 Å². The summed E-state index contributed by atoms with van der Waals surface area (Å²) in [7, 11) is 0. The third-order valence-electron chi connectivity index (χ3n) is 2.80.